The van der Waals surface area contributed by atoms with Gasteiger partial charge in [0.05, 0.1) is 12.3 Å². The number of hydrogen-bond acceptors (Lipinski definition) is 5. The Morgan fingerprint density at radius 1 is 1.20 bits per heavy atom. The Kier molecular flexibility index (Phi) is 9.37. The average molecular weight is 569 g/mol. The number of hydrogen-bond donors (Lipinski definition) is 2. The van der Waals surface area contributed by atoms with Crippen LogP contribution in [-0.2, 0) is 28.9 Å². The molecule has 0 spiro atoms. The molecule has 0 saturated heterocycles. The molecule has 1 aliphatic heterocycles. The van der Waals surface area contributed by atoms with Crippen LogP contribution in [0.2, 0.25) is 0 Å². The maximum Gasteiger partial charge on any atom is 0.353 e. The lowest BCUT2D eigenvalue weighted by Crippen LogP contribution is -2.41. The lowest BCUT2D eigenvalue weighted by molar-refractivity contribution is -0.222. The largest absolute Gasteiger partial charge is 0.494 e. The van der Waals surface area contributed by atoms with Gasteiger partial charge in [-0.2, -0.15) is 13.9 Å². The van der Waals surface area contributed by atoms with E-state index >= 15 is 0 Å². The molecule has 1 aliphatic carbocycles. The standard InChI is InChI=1S/C28H36F4N4O4/c1-27(29,30)12-4-14-39-21-6-3-5-19(15-21)9-10-20-16-22-24(26(38)33-20)25(34-23(37)17-40-28(2,31)32)36(35-22)13-11-18-7-8-18/h3,5-6,15,18,20H,4,7-14,16-17H2,1-2H3,(H,33,38)(H,34,37)/t20-/m0/s1. The molecule has 40 heavy (non-hydrogen) atoms. The number of nitrogens with one attached hydrogen (secondary N) is 2. The Hall–Kier alpha value is -3.15. The van der Waals surface area contributed by atoms with Gasteiger partial charge >= 0.3 is 6.11 Å². The summed E-state index contributed by atoms with van der Waals surface area (Å²) in [5.41, 5.74) is 1.78. The van der Waals surface area contributed by atoms with Gasteiger partial charge in [-0.3, -0.25) is 9.59 Å². The molecule has 1 fully saturated rings. The van der Waals surface area contributed by atoms with Gasteiger partial charge in [0.15, 0.2) is 0 Å². The van der Waals surface area contributed by atoms with Crippen LogP contribution in [0.15, 0.2) is 24.3 Å². The minimum atomic E-state index is -3.45. The predicted molar refractivity (Wildman–Crippen MR) is 140 cm³/mol. The Morgan fingerprint density at radius 3 is 2.67 bits per heavy atom. The van der Waals surface area contributed by atoms with Gasteiger partial charge in [-0.15, -0.1) is 0 Å². The van der Waals surface area contributed by atoms with Crippen molar-refractivity contribution in [2.24, 2.45) is 5.92 Å². The molecule has 1 saturated carbocycles. The number of ether oxygens (including phenoxy) is 2. The number of amides is 2. The number of halogens is 4. The molecule has 0 radical (unpaired) electrons. The minimum Gasteiger partial charge on any atom is -0.494 e. The summed E-state index contributed by atoms with van der Waals surface area (Å²) in [5.74, 6) is -2.50. The van der Waals surface area contributed by atoms with Crippen LogP contribution in [0.25, 0.3) is 0 Å². The fourth-order valence-electron chi connectivity index (χ4n) is 4.67. The van der Waals surface area contributed by atoms with Crippen molar-refractivity contribution >= 4 is 17.6 Å². The fraction of sp³-hybridized carbons (Fsp3) is 0.607. The van der Waals surface area contributed by atoms with Crippen LogP contribution >= 0.6 is 0 Å². The van der Waals surface area contributed by atoms with E-state index < -0.39 is 24.5 Å². The molecule has 0 unspecified atom stereocenters. The van der Waals surface area contributed by atoms with Crippen molar-refractivity contribution in [3.8, 4) is 5.75 Å². The molecule has 2 amide bonds. The van der Waals surface area contributed by atoms with Crippen molar-refractivity contribution in [3.05, 3.63) is 41.1 Å². The lowest BCUT2D eigenvalue weighted by atomic mass is 9.96. The van der Waals surface area contributed by atoms with E-state index in [-0.39, 0.29) is 42.8 Å². The van der Waals surface area contributed by atoms with Crippen LogP contribution in [0.3, 0.4) is 0 Å². The van der Waals surface area contributed by atoms with E-state index in [1.807, 2.05) is 18.2 Å². The number of carbonyl (C=O) groups is 2. The molecule has 4 rings (SSSR count). The van der Waals surface area contributed by atoms with E-state index in [1.165, 1.54) is 0 Å². The van der Waals surface area contributed by atoms with Crippen molar-refractivity contribution in [2.75, 3.05) is 18.5 Å². The zero-order valence-corrected chi connectivity index (χ0v) is 22.8. The smallest absolute Gasteiger partial charge is 0.353 e. The summed E-state index contributed by atoms with van der Waals surface area (Å²) in [7, 11) is 0. The maximum atomic E-state index is 13.1. The Morgan fingerprint density at radius 2 is 1.98 bits per heavy atom. The summed E-state index contributed by atoms with van der Waals surface area (Å²) in [6.07, 6.45) is 1.37. The van der Waals surface area contributed by atoms with Gasteiger partial charge in [0.1, 0.15) is 23.7 Å². The Labute approximate surface area is 230 Å². The number of fused-ring (bicyclic) bond motifs is 1. The predicted octanol–water partition coefficient (Wildman–Crippen LogP) is 5.35. The van der Waals surface area contributed by atoms with E-state index in [0.29, 0.717) is 50.1 Å². The molecule has 2 aliphatic rings. The van der Waals surface area contributed by atoms with Gasteiger partial charge in [-0.1, -0.05) is 25.0 Å². The summed E-state index contributed by atoms with van der Waals surface area (Å²) >= 11 is 0. The van der Waals surface area contributed by atoms with E-state index in [1.54, 1.807) is 10.7 Å². The highest BCUT2D eigenvalue weighted by Crippen LogP contribution is 2.34. The summed E-state index contributed by atoms with van der Waals surface area (Å²) in [4.78, 5) is 25.5. The van der Waals surface area contributed by atoms with Crippen LogP contribution in [0, 0.1) is 5.92 Å². The molecule has 2 N–H and O–H groups in total. The van der Waals surface area contributed by atoms with Crippen LogP contribution in [0.5, 0.6) is 5.75 Å². The maximum absolute atomic E-state index is 13.1. The van der Waals surface area contributed by atoms with Crippen molar-refractivity contribution in [3.63, 3.8) is 0 Å². The van der Waals surface area contributed by atoms with Gasteiger partial charge in [0, 0.05) is 32.4 Å². The highest BCUT2D eigenvalue weighted by atomic mass is 19.3. The molecule has 1 aromatic carbocycles. The number of benzene rings is 1. The number of anilines is 1. The van der Waals surface area contributed by atoms with Crippen LogP contribution in [0.1, 0.15) is 74.0 Å². The van der Waals surface area contributed by atoms with Gasteiger partial charge in [0.2, 0.25) is 5.92 Å². The van der Waals surface area contributed by atoms with Crippen molar-refractivity contribution < 1.29 is 36.6 Å². The first-order valence-corrected chi connectivity index (χ1v) is 13.7. The van der Waals surface area contributed by atoms with Gasteiger partial charge in [-0.05, 0) is 56.2 Å². The third-order valence-corrected chi connectivity index (χ3v) is 6.90. The lowest BCUT2D eigenvalue weighted by Gasteiger charge is -2.23. The summed E-state index contributed by atoms with van der Waals surface area (Å²) < 4.78 is 63.6. The van der Waals surface area contributed by atoms with Gasteiger partial charge in [0.25, 0.3) is 11.8 Å². The Bertz CT molecular complexity index is 1190. The molecule has 0 bridgehead atoms. The van der Waals surface area contributed by atoms with E-state index in [2.05, 4.69) is 20.5 Å². The summed E-state index contributed by atoms with van der Waals surface area (Å²) in [5, 5.41) is 10.2. The van der Waals surface area contributed by atoms with Crippen molar-refractivity contribution in [1.82, 2.24) is 15.1 Å². The van der Waals surface area contributed by atoms with Gasteiger partial charge in [-0.25, -0.2) is 13.5 Å². The monoisotopic (exact) mass is 568 g/mol. The zero-order valence-electron chi connectivity index (χ0n) is 22.8. The molecular weight excluding hydrogens is 532 g/mol. The van der Waals surface area contributed by atoms with Crippen LogP contribution < -0.4 is 15.4 Å². The summed E-state index contributed by atoms with van der Waals surface area (Å²) in [6, 6.07) is 7.21. The first-order chi connectivity index (χ1) is 18.9. The molecule has 2 heterocycles. The van der Waals surface area contributed by atoms with Crippen LogP contribution in [0.4, 0.5) is 23.4 Å². The minimum absolute atomic E-state index is 0.198. The highest BCUT2D eigenvalue weighted by molar-refractivity contribution is 6.05. The summed E-state index contributed by atoms with van der Waals surface area (Å²) in [6.45, 7) is 1.28. The first kappa shape index (κ1) is 29.8. The molecule has 1 aromatic heterocycles. The van der Waals surface area contributed by atoms with Crippen LogP contribution in [-0.4, -0.2) is 52.9 Å². The third kappa shape index (κ3) is 9.21. The molecule has 220 valence electrons. The molecular formula is C28H36F4N4O4. The number of aromatic nitrogens is 2. The second kappa shape index (κ2) is 12.6. The number of alkyl halides is 4. The zero-order chi connectivity index (χ0) is 28.9. The Balaban J connectivity index is 1.37. The average Bonchev–Trinajstić information content (AvgIpc) is 3.63. The number of aryl methyl sites for hydroxylation is 2. The van der Waals surface area contributed by atoms with E-state index in [4.69, 9.17) is 4.74 Å². The first-order valence-electron chi connectivity index (χ1n) is 13.7. The van der Waals surface area contributed by atoms with E-state index in [9.17, 15) is 27.2 Å². The topological polar surface area (TPSA) is 94.5 Å². The number of nitrogens with zero attached hydrogens (tertiary/aromatic N) is 2. The third-order valence-electron chi connectivity index (χ3n) is 6.90. The molecule has 2 aromatic rings. The van der Waals surface area contributed by atoms with Gasteiger partial charge < -0.3 is 20.1 Å². The second-order valence-electron chi connectivity index (χ2n) is 10.9. The fourth-order valence-corrected chi connectivity index (χ4v) is 4.67. The quantitative estimate of drug-likeness (QED) is 0.223. The SMILES string of the molecule is CC(F)(F)CCCOc1cccc(CC[C@H]2Cc3nn(CCC4CC4)c(NC(=O)COC(C)(F)F)c3C(=O)N2)c1. The number of rotatable bonds is 15. The number of carbonyl (C=O) groups excluding carboxylic acids is 2. The van der Waals surface area contributed by atoms with E-state index in [0.717, 1.165) is 31.7 Å². The second-order valence-corrected chi connectivity index (χ2v) is 10.9. The highest BCUT2D eigenvalue weighted by Gasteiger charge is 2.33. The molecule has 12 heteroatoms. The normalized spacial score (nSPS) is 17.4. The van der Waals surface area contributed by atoms with Crippen molar-refractivity contribution in [2.45, 2.75) is 89.8 Å². The van der Waals surface area contributed by atoms with Crippen molar-refractivity contribution in [1.29, 1.82) is 0 Å². The molecule has 8 nitrogen and oxygen atoms in total. The molecule has 1 atom stereocenters.